The van der Waals surface area contributed by atoms with E-state index >= 15 is 0 Å². The number of carbonyl (C=O) groups is 1. The molecule has 1 saturated carbocycles. The van der Waals surface area contributed by atoms with E-state index in [-0.39, 0.29) is 0 Å². The summed E-state index contributed by atoms with van der Waals surface area (Å²) in [6.07, 6.45) is 3.78. The molecule has 1 saturated heterocycles. The third-order valence-electron chi connectivity index (χ3n) is 6.53. The predicted molar refractivity (Wildman–Crippen MR) is 114 cm³/mol. The lowest BCUT2D eigenvalue weighted by molar-refractivity contribution is -0.929. The van der Waals surface area contributed by atoms with Crippen LogP contribution in [0.25, 0.3) is 0 Å². The van der Waals surface area contributed by atoms with Crippen LogP contribution in [-0.4, -0.2) is 50.1 Å². The van der Waals surface area contributed by atoms with Crippen LogP contribution in [0.3, 0.4) is 0 Å². The number of halogens is 1. The highest BCUT2D eigenvalue weighted by Crippen LogP contribution is 2.42. The number of thiophene rings is 1. The highest BCUT2D eigenvalue weighted by molar-refractivity contribution is 7.10. The van der Waals surface area contributed by atoms with E-state index in [2.05, 4.69) is 27.3 Å². The summed E-state index contributed by atoms with van der Waals surface area (Å²) in [5, 5.41) is 3.03. The van der Waals surface area contributed by atoms with Gasteiger partial charge in [0, 0.05) is 49.0 Å². The fourth-order valence-corrected chi connectivity index (χ4v) is 6.09. The van der Waals surface area contributed by atoms with Gasteiger partial charge >= 0.3 is 0 Å². The maximum Gasteiger partial charge on any atom is 0.277 e. The molecule has 3 aliphatic rings. The highest BCUT2D eigenvalue weighted by atomic mass is 35.5. The maximum absolute atomic E-state index is 13.1. The number of rotatable bonds is 4. The molecule has 1 unspecified atom stereocenters. The maximum atomic E-state index is 13.1. The van der Waals surface area contributed by atoms with E-state index in [1.807, 2.05) is 29.5 Å². The fourth-order valence-electron chi connectivity index (χ4n) is 4.91. The lowest BCUT2D eigenvalue weighted by Gasteiger charge is -2.38. The number of piperazine rings is 1. The summed E-state index contributed by atoms with van der Waals surface area (Å²) < 4.78 is 0. The van der Waals surface area contributed by atoms with Crippen LogP contribution in [0, 0.1) is 5.92 Å². The molecule has 148 valence electrons. The van der Waals surface area contributed by atoms with Gasteiger partial charge in [0.05, 0.1) is 17.3 Å². The van der Waals surface area contributed by atoms with Crippen molar-refractivity contribution in [3.63, 3.8) is 0 Å². The average Bonchev–Trinajstić information content (AvgIpc) is 3.44. The van der Waals surface area contributed by atoms with E-state index in [9.17, 15) is 4.79 Å². The Bertz CT molecular complexity index is 857. The molecule has 3 heterocycles. The first-order chi connectivity index (χ1) is 13.7. The molecular formula is C22H27ClN3OS+. The molecular weight excluding hydrogens is 390 g/mol. The molecule has 0 spiro atoms. The molecule has 1 N–H and O–H groups in total. The van der Waals surface area contributed by atoms with E-state index in [4.69, 9.17) is 11.6 Å². The highest BCUT2D eigenvalue weighted by Gasteiger charge is 2.44. The topological polar surface area (TPSA) is 28.0 Å². The Morgan fingerprint density at radius 3 is 2.68 bits per heavy atom. The van der Waals surface area contributed by atoms with Crippen LogP contribution in [0.5, 0.6) is 0 Å². The Morgan fingerprint density at radius 2 is 1.93 bits per heavy atom. The third-order valence-corrected chi connectivity index (χ3v) is 7.84. The Hall–Kier alpha value is -1.56. The molecule has 0 radical (unpaired) electrons. The van der Waals surface area contributed by atoms with Crippen LogP contribution in [0.1, 0.15) is 29.3 Å². The molecule has 2 aromatic rings. The van der Waals surface area contributed by atoms with Crippen LogP contribution in [-0.2, 0) is 11.2 Å². The van der Waals surface area contributed by atoms with Gasteiger partial charge in [0.1, 0.15) is 6.04 Å². The minimum Gasteiger partial charge on any atom is -0.367 e. The summed E-state index contributed by atoms with van der Waals surface area (Å²) >= 11 is 8.24. The minimum atomic E-state index is 0.318. The van der Waals surface area contributed by atoms with Gasteiger partial charge in [-0.3, -0.25) is 4.79 Å². The van der Waals surface area contributed by atoms with Crippen molar-refractivity contribution in [2.45, 2.75) is 25.3 Å². The second-order valence-corrected chi connectivity index (χ2v) is 9.68. The lowest BCUT2D eigenvalue weighted by Crippen LogP contribution is -3.14. The molecule has 28 heavy (non-hydrogen) atoms. The van der Waals surface area contributed by atoms with E-state index in [0.717, 1.165) is 55.8 Å². The zero-order valence-corrected chi connectivity index (χ0v) is 17.6. The van der Waals surface area contributed by atoms with Crippen LogP contribution < -0.4 is 9.80 Å². The summed E-state index contributed by atoms with van der Waals surface area (Å²) in [6, 6.07) is 10.8. The lowest BCUT2D eigenvalue weighted by atomic mass is 9.96. The van der Waals surface area contributed by atoms with Crippen molar-refractivity contribution in [1.82, 2.24) is 4.90 Å². The predicted octanol–water partition coefficient (Wildman–Crippen LogP) is 2.64. The SMILES string of the molecule is O=C(C[NH+]1CCc2sccc2[C@H]1C1CC1)N1CCN(c2ccccc2Cl)CC1. The number of hydrogen-bond donors (Lipinski definition) is 1. The van der Waals surface area contributed by atoms with Gasteiger partial charge < -0.3 is 14.7 Å². The number of nitrogens with zero attached hydrogens (tertiary/aromatic N) is 2. The molecule has 2 atom stereocenters. The average molecular weight is 417 g/mol. The van der Waals surface area contributed by atoms with Crippen molar-refractivity contribution in [3.8, 4) is 0 Å². The van der Waals surface area contributed by atoms with Crippen molar-refractivity contribution in [2.24, 2.45) is 5.92 Å². The Kier molecular flexibility index (Phi) is 5.07. The van der Waals surface area contributed by atoms with Crippen LogP contribution in [0.15, 0.2) is 35.7 Å². The van der Waals surface area contributed by atoms with Crippen molar-refractivity contribution in [2.75, 3.05) is 44.2 Å². The first kappa shape index (κ1) is 18.5. The van der Waals surface area contributed by atoms with Crippen molar-refractivity contribution in [1.29, 1.82) is 0 Å². The van der Waals surface area contributed by atoms with Gasteiger partial charge in [-0.15, -0.1) is 11.3 Å². The largest absolute Gasteiger partial charge is 0.367 e. The molecule has 0 bridgehead atoms. The standard InChI is InChI=1S/C22H26ClN3OS/c23-18-3-1-2-4-19(18)24-10-12-25(13-11-24)21(27)15-26-9-7-20-17(8-14-28-20)22(26)16-5-6-16/h1-4,8,14,16,22H,5-7,9-13,15H2/p+1/t22-/m1/s1. The van der Waals surface area contributed by atoms with E-state index < -0.39 is 0 Å². The third kappa shape index (κ3) is 3.56. The number of carbonyl (C=O) groups excluding carboxylic acids is 1. The van der Waals surface area contributed by atoms with Crippen molar-refractivity contribution >= 4 is 34.5 Å². The smallest absolute Gasteiger partial charge is 0.277 e. The summed E-state index contributed by atoms with van der Waals surface area (Å²) in [7, 11) is 0. The summed E-state index contributed by atoms with van der Waals surface area (Å²) in [4.78, 5) is 20.5. The molecule has 5 rings (SSSR count). The monoisotopic (exact) mass is 416 g/mol. The quantitative estimate of drug-likeness (QED) is 0.829. The van der Waals surface area contributed by atoms with Crippen LogP contribution in [0.4, 0.5) is 5.69 Å². The number of benzene rings is 1. The molecule has 1 amide bonds. The van der Waals surface area contributed by atoms with Gasteiger partial charge in [0.15, 0.2) is 6.54 Å². The van der Waals surface area contributed by atoms with Gasteiger partial charge in [-0.05, 0) is 36.4 Å². The van der Waals surface area contributed by atoms with Gasteiger partial charge in [-0.2, -0.15) is 0 Å². The van der Waals surface area contributed by atoms with Crippen molar-refractivity contribution in [3.05, 3.63) is 51.2 Å². The normalized spacial score (nSPS) is 24.9. The number of fused-ring (bicyclic) bond motifs is 1. The molecule has 2 aliphatic heterocycles. The molecule has 1 aliphatic carbocycles. The Morgan fingerprint density at radius 1 is 1.14 bits per heavy atom. The molecule has 1 aromatic heterocycles. The van der Waals surface area contributed by atoms with E-state index in [0.29, 0.717) is 18.5 Å². The Labute approximate surface area is 175 Å². The number of hydrogen-bond acceptors (Lipinski definition) is 3. The second-order valence-electron chi connectivity index (χ2n) is 8.27. The second kappa shape index (κ2) is 7.69. The molecule has 1 aromatic carbocycles. The van der Waals surface area contributed by atoms with Gasteiger partial charge in [0.2, 0.25) is 0 Å². The zero-order valence-electron chi connectivity index (χ0n) is 16.1. The number of quaternary nitrogens is 1. The van der Waals surface area contributed by atoms with Gasteiger partial charge in [0.25, 0.3) is 5.91 Å². The van der Waals surface area contributed by atoms with Gasteiger partial charge in [-0.1, -0.05) is 23.7 Å². The number of para-hydroxylation sites is 1. The molecule has 6 heteroatoms. The van der Waals surface area contributed by atoms with Gasteiger partial charge in [-0.25, -0.2) is 0 Å². The number of amides is 1. The van der Waals surface area contributed by atoms with E-state index in [1.54, 1.807) is 4.88 Å². The zero-order chi connectivity index (χ0) is 19.1. The summed E-state index contributed by atoms with van der Waals surface area (Å²) in [6.45, 7) is 5.02. The van der Waals surface area contributed by atoms with Crippen LogP contribution in [0.2, 0.25) is 5.02 Å². The Balaban J connectivity index is 1.22. The van der Waals surface area contributed by atoms with E-state index in [1.165, 1.54) is 23.3 Å². The summed E-state index contributed by atoms with van der Waals surface area (Å²) in [5.41, 5.74) is 2.61. The number of anilines is 1. The van der Waals surface area contributed by atoms with Crippen LogP contribution >= 0.6 is 22.9 Å². The number of nitrogens with one attached hydrogen (secondary N) is 1. The molecule has 4 nitrogen and oxygen atoms in total. The minimum absolute atomic E-state index is 0.318. The first-order valence-electron chi connectivity index (χ1n) is 10.4. The molecule has 2 fully saturated rings. The first-order valence-corrected chi connectivity index (χ1v) is 11.6. The fraction of sp³-hybridized carbons (Fsp3) is 0.500. The van der Waals surface area contributed by atoms with Crippen molar-refractivity contribution < 1.29 is 9.69 Å². The summed E-state index contributed by atoms with van der Waals surface area (Å²) in [5.74, 6) is 1.10.